The largest absolute Gasteiger partial charge is 0.344 e. The van der Waals surface area contributed by atoms with Gasteiger partial charge in [0.05, 0.1) is 0 Å². The van der Waals surface area contributed by atoms with Gasteiger partial charge in [-0.05, 0) is 64.4 Å². The number of hydrogen-bond donors (Lipinski definition) is 0. The van der Waals surface area contributed by atoms with Crippen molar-refractivity contribution in [2.24, 2.45) is 0 Å². The summed E-state index contributed by atoms with van der Waals surface area (Å²) in [5, 5.41) is 1.50. The molecule has 2 nitrogen and oxygen atoms in total. The maximum absolute atomic E-state index is 2.64. The van der Waals surface area contributed by atoms with Gasteiger partial charge in [-0.25, -0.2) is 0 Å². The number of hydrogen-bond acceptors (Lipinski definition) is 1. The first-order chi connectivity index (χ1) is 10.6. The van der Waals surface area contributed by atoms with Gasteiger partial charge in [0.15, 0.2) is 0 Å². The summed E-state index contributed by atoms with van der Waals surface area (Å²) < 4.78 is 2.64. The van der Waals surface area contributed by atoms with Gasteiger partial charge >= 0.3 is 0 Å². The first-order valence-electron chi connectivity index (χ1n) is 8.82. The highest BCUT2D eigenvalue weighted by Gasteiger charge is 2.36. The van der Waals surface area contributed by atoms with E-state index in [2.05, 4.69) is 61.7 Å². The molecule has 0 amide bonds. The molecule has 3 rings (SSSR count). The van der Waals surface area contributed by atoms with Gasteiger partial charge in [-0.3, -0.25) is 0 Å². The van der Waals surface area contributed by atoms with Crippen molar-refractivity contribution in [1.82, 2.24) is 9.47 Å². The zero-order valence-corrected chi connectivity index (χ0v) is 15.9. The van der Waals surface area contributed by atoms with Crippen molar-refractivity contribution in [1.29, 1.82) is 0 Å². The predicted octanol–water partition coefficient (Wildman–Crippen LogP) is 5.02. The second-order valence-electron chi connectivity index (χ2n) is 7.46. The minimum atomic E-state index is 0. The topological polar surface area (TPSA) is 8.17 Å². The Hall–Kier alpha value is -0.990. The van der Waals surface area contributed by atoms with E-state index in [1.807, 2.05) is 0 Å². The maximum atomic E-state index is 2.64. The first-order valence-corrected chi connectivity index (χ1v) is 8.82. The number of halogens is 1. The van der Waals surface area contributed by atoms with Gasteiger partial charge in [0.2, 0.25) is 0 Å². The Morgan fingerprint density at radius 3 is 2.65 bits per heavy atom. The molecule has 1 heterocycles. The van der Waals surface area contributed by atoms with Crippen molar-refractivity contribution >= 4 is 23.3 Å². The Morgan fingerprint density at radius 1 is 1.22 bits per heavy atom. The monoisotopic (exact) mass is 334 g/mol. The average molecular weight is 335 g/mol. The second kappa shape index (κ2) is 7.27. The summed E-state index contributed by atoms with van der Waals surface area (Å²) in [5.41, 5.74) is 5.05. The molecule has 0 fully saturated rings. The molecule has 0 radical (unpaired) electrons. The van der Waals surface area contributed by atoms with Gasteiger partial charge in [-0.2, -0.15) is 0 Å². The number of para-hydroxylation sites is 1. The molecule has 3 heteroatoms. The van der Waals surface area contributed by atoms with Gasteiger partial charge in [0.1, 0.15) is 0 Å². The zero-order valence-electron chi connectivity index (χ0n) is 15.1. The van der Waals surface area contributed by atoms with Crippen LogP contribution in [0.25, 0.3) is 10.9 Å². The molecule has 0 bridgehead atoms. The van der Waals surface area contributed by atoms with Crippen LogP contribution in [0.1, 0.15) is 50.8 Å². The molecule has 0 saturated carbocycles. The van der Waals surface area contributed by atoms with Crippen LogP contribution >= 0.6 is 12.4 Å². The van der Waals surface area contributed by atoms with Crippen LogP contribution in [0.4, 0.5) is 0 Å². The van der Waals surface area contributed by atoms with E-state index in [0.717, 1.165) is 6.54 Å². The molecule has 1 aromatic carbocycles. The summed E-state index contributed by atoms with van der Waals surface area (Å²) >= 11 is 0. The lowest BCUT2D eigenvalue weighted by molar-refractivity contribution is 0.288. The lowest BCUT2D eigenvalue weighted by Gasteiger charge is -2.37. The molecule has 0 N–H and O–H groups in total. The highest BCUT2D eigenvalue weighted by atomic mass is 35.5. The fraction of sp³-hybridized carbons (Fsp3) is 0.600. The zero-order chi connectivity index (χ0) is 15.7. The highest BCUT2D eigenvalue weighted by Crippen LogP contribution is 2.44. The Balaban J connectivity index is 0.00000192. The van der Waals surface area contributed by atoms with E-state index in [1.165, 1.54) is 49.6 Å². The van der Waals surface area contributed by atoms with Gasteiger partial charge in [-0.15, -0.1) is 12.4 Å². The fourth-order valence-electron chi connectivity index (χ4n) is 4.26. The Kier molecular flexibility index (Phi) is 5.80. The number of aryl methyl sites for hydroxylation is 2. The van der Waals surface area contributed by atoms with Crippen molar-refractivity contribution in [2.45, 2.75) is 57.9 Å². The summed E-state index contributed by atoms with van der Waals surface area (Å²) in [6.07, 6.45) is 6.37. The molecule has 0 spiro atoms. The van der Waals surface area contributed by atoms with E-state index >= 15 is 0 Å². The number of rotatable bonds is 5. The SMILES string of the molecule is CCCn1c2c(c3ccccc31)CCCC2(C)CCN(C)C.Cl. The second-order valence-corrected chi connectivity index (χ2v) is 7.46. The van der Waals surface area contributed by atoms with Crippen LogP contribution in [0.3, 0.4) is 0 Å². The summed E-state index contributed by atoms with van der Waals surface area (Å²) in [5.74, 6) is 0. The van der Waals surface area contributed by atoms with Crippen molar-refractivity contribution in [3.8, 4) is 0 Å². The van der Waals surface area contributed by atoms with Crippen LogP contribution in [0.5, 0.6) is 0 Å². The van der Waals surface area contributed by atoms with Crippen molar-refractivity contribution < 1.29 is 0 Å². The molecule has 1 unspecified atom stereocenters. The number of aromatic nitrogens is 1. The van der Waals surface area contributed by atoms with Gasteiger partial charge in [-0.1, -0.05) is 32.0 Å². The summed E-state index contributed by atoms with van der Waals surface area (Å²) in [6.45, 7) is 7.11. The molecule has 0 saturated heterocycles. The third kappa shape index (κ3) is 3.29. The van der Waals surface area contributed by atoms with E-state index in [-0.39, 0.29) is 12.4 Å². The van der Waals surface area contributed by atoms with Gasteiger partial charge in [0.25, 0.3) is 0 Å². The summed E-state index contributed by atoms with van der Waals surface area (Å²) in [6, 6.07) is 9.04. The van der Waals surface area contributed by atoms with E-state index in [1.54, 1.807) is 11.3 Å². The lowest BCUT2D eigenvalue weighted by atomic mass is 9.72. The van der Waals surface area contributed by atoms with Crippen LogP contribution in [0.15, 0.2) is 24.3 Å². The number of fused-ring (bicyclic) bond motifs is 3. The number of benzene rings is 1. The lowest BCUT2D eigenvalue weighted by Crippen LogP contribution is -2.33. The fourth-order valence-corrected chi connectivity index (χ4v) is 4.26. The minimum absolute atomic E-state index is 0. The van der Waals surface area contributed by atoms with Crippen LogP contribution < -0.4 is 0 Å². The van der Waals surface area contributed by atoms with Crippen LogP contribution in [-0.2, 0) is 18.4 Å². The van der Waals surface area contributed by atoms with Crippen LogP contribution in [0, 0.1) is 0 Å². The maximum Gasteiger partial charge on any atom is 0.0485 e. The standard InChI is InChI=1S/C20H30N2.ClH/c1-5-14-22-18-11-7-6-9-16(18)17-10-8-12-20(2,19(17)22)13-15-21(3)4;/h6-7,9,11H,5,8,10,12-15H2,1-4H3;1H. The smallest absolute Gasteiger partial charge is 0.0485 e. The predicted molar refractivity (Wildman–Crippen MR) is 103 cm³/mol. The molecule has 0 aliphatic heterocycles. The van der Waals surface area contributed by atoms with Gasteiger partial charge in [0, 0.05) is 28.6 Å². The Labute approximate surface area is 147 Å². The normalized spacial score (nSPS) is 20.6. The number of nitrogens with zero attached hydrogens (tertiary/aromatic N) is 2. The van der Waals surface area contributed by atoms with Crippen molar-refractivity contribution in [3.63, 3.8) is 0 Å². The van der Waals surface area contributed by atoms with Crippen LogP contribution in [0.2, 0.25) is 0 Å². The summed E-state index contributed by atoms with van der Waals surface area (Å²) in [4.78, 5) is 2.33. The molecular formula is C20H31ClN2. The first kappa shape index (κ1) is 18.4. The molecule has 23 heavy (non-hydrogen) atoms. The quantitative estimate of drug-likeness (QED) is 0.745. The summed E-state index contributed by atoms with van der Waals surface area (Å²) in [7, 11) is 4.38. The van der Waals surface area contributed by atoms with E-state index in [9.17, 15) is 0 Å². The molecule has 1 atom stereocenters. The van der Waals surface area contributed by atoms with Crippen molar-refractivity contribution in [3.05, 3.63) is 35.5 Å². The molecule has 1 aliphatic rings. The van der Waals surface area contributed by atoms with Crippen LogP contribution in [-0.4, -0.2) is 30.1 Å². The highest BCUT2D eigenvalue weighted by molar-refractivity contribution is 5.86. The molecule has 128 valence electrons. The average Bonchev–Trinajstić information content (AvgIpc) is 2.82. The third-order valence-electron chi connectivity index (χ3n) is 5.36. The van der Waals surface area contributed by atoms with E-state index < -0.39 is 0 Å². The minimum Gasteiger partial charge on any atom is -0.344 e. The Bertz CT molecular complexity index is 659. The molecule has 2 aromatic rings. The molecule has 1 aliphatic carbocycles. The van der Waals surface area contributed by atoms with E-state index in [0.29, 0.717) is 5.41 Å². The third-order valence-corrected chi connectivity index (χ3v) is 5.36. The Morgan fingerprint density at radius 2 is 1.96 bits per heavy atom. The van der Waals surface area contributed by atoms with Crippen molar-refractivity contribution in [2.75, 3.05) is 20.6 Å². The van der Waals surface area contributed by atoms with E-state index in [4.69, 9.17) is 0 Å². The molecule has 1 aromatic heterocycles. The van der Waals surface area contributed by atoms with Gasteiger partial charge < -0.3 is 9.47 Å². The molecular weight excluding hydrogens is 304 g/mol.